The normalized spacial score (nSPS) is 10.7. The van der Waals surface area contributed by atoms with Crippen molar-refractivity contribution in [3.63, 3.8) is 0 Å². The number of ether oxygens (including phenoxy) is 1. The highest BCUT2D eigenvalue weighted by molar-refractivity contribution is 6.17. The third kappa shape index (κ3) is 6.50. The Balaban J connectivity index is 0.000000414. The molecule has 8 nitrogen and oxygen atoms in total. The zero-order chi connectivity index (χ0) is 24.5. The number of rotatable bonds is 8. The number of carbonyl (C=O) groups is 3. The zero-order valence-corrected chi connectivity index (χ0v) is 18.2. The van der Waals surface area contributed by atoms with E-state index in [-0.39, 0.29) is 11.6 Å². The van der Waals surface area contributed by atoms with Crippen molar-refractivity contribution in [1.29, 1.82) is 0 Å². The summed E-state index contributed by atoms with van der Waals surface area (Å²) in [5.74, 6) is -2.31. The second kappa shape index (κ2) is 11.6. The van der Waals surface area contributed by atoms with E-state index in [2.05, 4.69) is 0 Å². The van der Waals surface area contributed by atoms with E-state index in [9.17, 15) is 18.8 Å². The van der Waals surface area contributed by atoms with Crippen molar-refractivity contribution < 1.29 is 33.7 Å². The quantitative estimate of drug-likeness (QED) is 0.350. The Bertz CT molecular complexity index is 1170. The molecule has 0 amide bonds. The largest absolute Gasteiger partial charge is 0.497 e. The number of aromatic nitrogens is 1. The molecule has 3 aromatic rings. The van der Waals surface area contributed by atoms with Crippen molar-refractivity contribution in [3.05, 3.63) is 77.3 Å². The predicted octanol–water partition coefficient (Wildman–Crippen LogP) is 3.39. The number of carboxylic acid groups (broad SMARTS) is 2. The van der Waals surface area contributed by atoms with Crippen molar-refractivity contribution in [2.24, 2.45) is 5.73 Å². The van der Waals surface area contributed by atoms with Gasteiger partial charge in [0.15, 0.2) is 5.78 Å². The number of nitrogens with two attached hydrogens (primary N) is 1. The minimum absolute atomic E-state index is 0.123. The molecule has 0 bridgehead atoms. The Kier molecular flexibility index (Phi) is 8.88. The maximum atomic E-state index is 13.8. The topological polar surface area (TPSA) is 132 Å². The molecule has 3 rings (SSSR count). The number of aryl methyl sites for hydroxylation is 1. The first-order chi connectivity index (χ1) is 15.7. The summed E-state index contributed by atoms with van der Waals surface area (Å²) in [6.45, 7) is 3.15. The van der Waals surface area contributed by atoms with E-state index in [1.807, 2.05) is 11.5 Å². The minimum Gasteiger partial charge on any atom is -0.497 e. The van der Waals surface area contributed by atoms with Crippen molar-refractivity contribution in [2.45, 2.75) is 19.9 Å². The van der Waals surface area contributed by atoms with Gasteiger partial charge in [0.05, 0.1) is 12.7 Å². The number of hydrogen-bond acceptors (Lipinski definition) is 5. The number of carbonyl (C=O) groups excluding carboxylic acids is 1. The molecule has 2 aromatic carbocycles. The number of ketones is 1. The van der Waals surface area contributed by atoms with Crippen LogP contribution in [0.2, 0.25) is 0 Å². The molecule has 0 atom stereocenters. The second-order valence-corrected chi connectivity index (χ2v) is 6.98. The summed E-state index contributed by atoms with van der Waals surface area (Å²) in [5.41, 5.74) is 8.39. The number of carboxylic acids is 2. The number of methoxy groups -OCH3 is 1. The molecule has 0 aliphatic heterocycles. The molecule has 0 saturated carbocycles. The van der Waals surface area contributed by atoms with Crippen LogP contribution in [-0.4, -0.2) is 46.2 Å². The molecule has 0 fully saturated rings. The van der Waals surface area contributed by atoms with Gasteiger partial charge in [-0.05, 0) is 62.4 Å². The predicted molar refractivity (Wildman–Crippen MR) is 121 cm³/mol. The molecule has 4 N–H and O–H groups in total. The van der Waals surface area contributed by atoms with Gasteiger partial charge in [0.2, 0.25) is 0 Å². The van der Waals surface area contributed by atoms with E-state index in [0.29, 0.717) is 47.5 Å². The lowest BCUT2D eigenvalue weighted by molar-refractivity contribution is -0.134. The van der Waals surface area contributed by atoms with Gasteiger partial charge in [-0.2, -0.15) is 0 Å². The lowest BCUT2D eigenvalue weighted by atomic mass is 10.0. The van der Waals surface area contributed by atoms with E-state index >= 15 is 0 Å². The highest BCUT2D eigenvalue weighted by atomic mass is 19.1. The molecule has 0 aliphatic rings. The maximum absolute atomic E-state index is 13.8. The Morgan fingerprint density at radius 1 is 1.06 bits per heavy atom. The summed E-state index contributed by atoms with van der Waals surface area (Å²) < 4.78 is 21.0. The lowest BCUT2D eigenvalue weighted by Crippen LogP contribution is -2.08. The van der Waals surface area contributed by atoms with Crippen molar-refractivity contribution in [1.82, 2.24) is 4.57 Å². The molecule has 9 heteroatoms. The van der Waals surface area contributed by atoms with Crippen LogP contribution in [0.25, 0.3) is 10.9 Å². The Morgan fingerprint density at radius 2 is 1.67 bits per heavy atom. The van der Waals surface area contributed by atoms with E-state index in [1.54, 1.807) is 37.4 Å². The fourth-order valence-corrected chi connectivity index (χ4v) is 3.31. The molecule has 174 valence electrons. The van der Waals surface area contributed by atoms with Crippen LogP contribution in [0.15, 0.2) is 54.6 Å². The molecule has 1 heterocycles. The highest BCUT2D eigenvalue weighted by Crippen LogP contribution is 2.29. The van der Waals surface area contributed by atoms with Crippen LogP contribution in [0.4, 0.5) is 4.39 Å². The number of nitrogens with zero attached hydrogens (tertiary/aromatic N) is 1. The number of aliphatic carboxylic acids is 2. The number of hydrogen-bond donors (Lipinski definition) is 3. The SMILES string of the molecule is COc1ccc(C(=O)c2c(C)n(CCCN)c3ccc(F)cc23)cc1.O=C(O)C=CC(=O)O. The lowest BCUT2D eigenvalue weighted by Gasteiger charge is -2.08. The summed E-state index contributed by atoms with van der Waals surface area (Å²) >= 11 is 0. The zero-order valence-electron chi connectivity index (χ0n) is 18.2. The maximum Gasteiger partial charge on any atom is 0.328 e. The van der Waals surface area contributed by atoms with Crippen LogP contribution >= 0.6 is 0 Å². The van der Waals surface area contributed by atoms with E-state index in [0.717, 1.165) is 17.6 Å². The highest BCUT2D eigenvalue weighted by Gasteiger charge is 2.21. The smallest absolute Gasteiger partial charge is 0.328 e. The first-order valence-electron chi connectivity index (χ1n) is 10.0. The first kappa shape index (κ1) is 25.3. The van der Waals surface area contributed by atoms with Gasteiger partial charge in [0.25, 0.3) is 0 Å². The number of halogens is 1. The van der Waals surface area contributed by atoms with Crippen LogP contribution in [0.5, 0.6) is 5.75 Å². The fourth-order valence-electron chi connectivity index (χ4n) is 3.31. The number of benzene rings is 2. The standard InChI is InChI=1S/C20H21FN2O2.C4H4O4/c1-13-19(20(24)14-4-7-16(25-2)8-5-14)17-12-15(21)6-9-18(17)23(13)11-3-10-22;5-3(6)1-2-4(7)8/h4-9,12H,3,10-11,22H2,1-2H3;1-2H,(H,5,6)(H,7,8). The van der Waals surface area contributed by atoms with Crippen LogP contribution in [-0.2, 0) is 16.1 Å². The summed E-state index contributed by atoms with van der Waals surface area (Å²) in [4.78, 5) is 32.2. The molecular formula is C24H25FN2O6. The van der Waals surface area contributed by atoms with E-state index in [1.165, 1.54) is 12.1 Å². The molecule has 1 aromatic heterocycles. The first-order valence-corrected chi connectivity index (χ1v) is 10.0. The molecule has 0 spiro atoms. The third-order valence-corrected chi connectivity index (χ3v) is 4.82. The molecule has 0 saturated heterocycles. The summed E-state index contributed by atoms with van der Waals surface area (Å²) in [6.07, 6.45) is 1.91. The Morgan fingerprint density at radius 3 is 2.18 bits per heavy atom. The second-order valence-electron chi connectivity index (χ2n) is 6.98. The number of fused-ring (bicyclic) bond motifs is 1. The van der Waals surface area contributed by atoms with Gasteiger partial charge in [-0.15, -0.1) is 0 Å². The van der Waals surface area contributed by atoms with Gasteiger partial charge < -0.3 is 25.3 Å². The molecular weight excluding hydrogens is 431 g/mol. The van der Waals surface area contributed by atoms with Gasteiger partial charge in [-0.1, -0.05) is 0 Å². The van der Waals surface area contributed by atoms with E-state index < -0.39 is 11.9 Å². The Hall–Kier alpha value is -3.98. The van der Waals surface area contributed by atoms with Crippen LogP contribution in [0.3, 0.4) is 0 Å². The summed E-state index contributed by atoms with van der Waals surface area (Å²) in [6, 6.07) is 11.5. The van der Waals surface area contributed by atoms with Gasteiger partial charge in [0.1, 0.15) is 11.6 Å². The van der Waals surface area contributed by atoms with Gasteiger partial charge >= 0.3 is 11.9 Å². The molecule has 33 heavy (non-hydrogen) atoms. The monoisotopic (exact) mass is 456 g/mol. The summed E-state index contributed by atoms with van der Waals surface area (Å²) in [7, 11) is 1.58. The van der Waals surface area contributed by atoms with Gasteiger partial charge in [-0.3, -0.25) is 4.79 Å². The molecule has 0 radical (unpaired) electrons. The molecule has 0 unspecified atom stereocenters. The molecule has 0 aliphatic carbocycles. The van der Waals surface area contributed by atoms with Crippen LogP contribution in [0, 0.1) is 12.7 Å². The Labute approximate surface area is 189 Å². The van der Waals surface area contributed by atoms with Gasteiger partial charge in [0, 0.05) is 40.9 Å². The average molecular weight is 456 g/mol. The summed E-state index contributed by atoms with van der Waals surface area (Å²) in [5, 5.41) is 16.3. The van der Waals surface area contributed by atoms with Gasteiger partial charge in [-0.25, -0.2) is 14.0 Å². The van der Waals surface area contributed by atoms with E-state index in [4.69, 9.17) is 20.7 Å². The average Bonchev–Trinajstić information content (AvgIpc) is 3.06. The minimum atomic E-state index is -1.26. The van der Waals surface area contributed by atoms with Crippen molar-refractivity contribution in [3.8, 4) is 5.75 Å². The van der Waals surface area contributed by atoms with Crippen molar-refractivity contribution >= 4 is 28.6 Å². The van der Waals surface area contributed by atoms with Crippen molar-refractivity contribution in [2.75, 3.05) is 13.7 Å². The van der Waals surface area contributed by atoms with Crippen LogP contribution < -0.4 is 10.5 Å². The third-order valence-electron chi connectivity index (χ3n) is 4.82. The fraction of sp³-hybridized carbons (Fsp3) is 0.208. The van der Waals surface area contributed by atoms with Crippen LogP contribution in [0.1, 0.15) is 28.0 Å².